The van der Waals surface area contributed by atoms with Crippen LogP contribution in [0.25, 0.3) is 5.69 Å². The molecule has 0 aliphatic heterocycles. The monoisotopic (exact) mass is 439 g/mol. The van der Waals surface area contributed by atoms with Gasteiger partial charge in [-0.2, -0.15) is 0 Å². The minimum atomic E-state index is -0.455. The molecule has 174 valence electrons. The molecule has 6 nitrogen and oxygen atoms in total. The van der Waals surface area contributed by atoms with E-state index in [9.17, 15) is 9.59 Å². The minimum absolute atomic E-state index is 0.0286. The molecule has 1 fully saturated rings. The summed E-state index contributed by atoms with van der Waals surface area (Å²) in [5.41, 5.74) is 2.40. The van der Waals surface area contributed by atoms with E-state index in [0.717, 1.165) is 31.4 Å². The number of ether oxygens (including phenoxy) is 1. The molecule has 0 radical (unpaired) electrons. The number of nitrogens with zero attached hydrogens (tertiary/aromatic N) is 3. The van der Waals surface area contributed by atoms with Crippen LogP contribution in [-0.2, 0) is 9.53 Å². The lowest BCUT2D eigenvalue weighted by atomic mass is 9.82. The number of carbonyl (C=O) groups is 2. The Hall–Kier alpha value is -2.63. The average Bonchev–Trinajstić information content (AvgIpc) is 3.19. The van der Waals surface area contributed by atoms with Gasteiger partial charge < -0.3 is 4.74 Å². The van der Waals surface area contributed by atoms with Crippen molar-refractivity contribution in [3.63, 3.8) is 0 Å². The SMILES string of the molecule is CCOC(=O)c1cn(-c2ccc(C(C)C)cc2)nc1N(C(=O)[C@H]1CC[C@H](C)CC1)C(C)C. The molecule has 2 aromatic rings. The number of hydrogen-bond donors (Lipinski definition) is 0. The van der Waals surface area contributed by atoms with Gasteiger partial charge in [-0.25, -0.2) is 9.48 Å². The molecule has 1 aromatic heterocycles. The van der Waals surface area contributed by atoms with Crippen LogP contribution in [-0.4, -0.2) is 34.3 Å². The Kier molecular flexibility index (Phi) is 7.75. The first-order valence-electron chi connectivity index (χ1n) is 11.9. The van der Waals surface area contributed by atoms with E-state index in [0.29, 0.717) is 23.2 Å². The summed E-state index contributed by atoms with van der Waals surface area (Å²) in [6, 6.07) is 8.00. The van der Waals surface area contributed by atoms with Crippen molar-refractivity contribution in [3.8, 4) is 5.69 Å². The van der Waals surface area contributed by atoms with E-state index >= 15 is 0 Å². The zero-order valence-electron chi connectivity index (χ0n) is 20.3. The number of esters is 1. The van der Waals surface area contributed by atoms with Crippen molar-refractivity contribution < 1.29 is 14.3 Å². The molecule has 0 saturated heterocycles. The summed E-state index contributed by atoms with van der Waals surface area (Å²) < 4.78 is 6.99. The van der Waals surface area contributed by atoms with Gasteiger partial charge in [-0.3, -0.25) is 9.69 Å². The van der Waals surface area contributed by atoms with Crippen molar-refractivity contribution in [1.82, 2.24) is 9.78 Å². The molecule has 3 rings (SSSR count). The molecule has 0 atom stereocenters. The summed E-state index contributed by atoms with van der Waals surface area (Å²) in [4.78, 5) is 28.1. The van der Waals surface area contributed by atoms with Crippen molar-refractivity contribution in [2.75, 3.05) is 11.5 Å². The van der Waals surface area contributed by atoms with Crippen molar-refractivity contribution in [3.05, 3.63) is 41.6 Å². The lowest BCUT2D eigenvalue weighted by molar-refractivity contribution is -0.123. The Bertz CT molecular complexity index is 922. The first-order chi connectivity index (χ1) is 15.2. The number of aromatic nitrogens is 2. The van der Waals surface area contributed by atoms with Crippen molar-refractivity contribution in [1.29, 1.82) is 0 Å². The number of amides is 1. The second kappa shape index (κ2) is 10.3. The summed E-state index contributed by atoms with van der Waals surface area (Å²) in [6.45, 7) is 12.5. The normalized spacial score (nSPS) is 18.8. The third-order valence-electron chi connectivity index (χ3n) is 6.36. The average molecular weight is 440 g/mol. The highest BCUT2D eigenvalue weighted by Crippen LogP contribution is 2.33. The van der Waals surface area contributed by atoms with Crippen molar-refractivity contribution >= 4 is 17.7 Å². The van der Waals surface area contributed by atoms with Gasteiger partial charge in [0, 0.05) is 18.2 Å². The summed E-state index contributed by atoms with van der Waals surface area (Å²) in [5, 5.41) is 4.73. The zero-order valence-corrected chi connectivity index (χ0v) is 20.3. The lowest BCUT2D eigenvalue weighted by Crippen LogP contribution is -2.43. The largest absolute Gasteiger partial charge is 0.462 e. The van der Waals surface area contributed by atoms with Gasteiger partial charge in [-0.15, -0.1) is 5.10 Å². The van der Waals surface area contributed by atoms with Crippen LogP contribution in [0.5, 0.6) is 0 Å². The summed E-state index contributed by atoms with van der Waals surface area (Å²) >= 11 is 0. The van der Waals surface area contributed by atoms with Gasteiger partial charge >= 0.3 is 5.97 Å². The Morgan fingerprint density at radius 3 is 2.25 bits per heavy atom. The molecule has 0 spiro atoms. The van der Waals surface area contributed by atoms with Crippen LogP contribution in [0, 0.1) is 11.8 Å². The minimum Gasteiger partial charge on any atom is -0.462 e. The van der Waals surface area contributed by atoms with E-state index < -0.39 is 5.97 Å². The quantitative estimate of drug-likeness (QED) is 0.516. The van der Waals surface area contributed by atoms with E-state index in [-0.39, 0.29) is 24.5 Å². The topological polar surface area (TPSA) is 64.4 Å². The zero-order chi connectivity index (χ0) is 23.4. The number of carbonyl (C=O) groups excluding carboxylic acids is 2. The highest BCUT2D eigenvalue weighted by molar-refractivity contribution is 6.02. The smallest absolute Gasteiger partial charge is 0.343 e. The van der Waals surface area contributed by atoms with Crippen molar-refractivity contribution in [2.24, 2.45) is 11.8 Å². The standard InChI is InChI=1S/C26H37N3O3/c1-7-32-26(31)23-16-28(22-14-12-20(13-15-22)17(2)3)27-24(23)29(18(4)5)25(30)21-10-8-19(6)9-11-21/h12-19,21H,7-11H2,1-6H3/t19-,21-. The second-order valence-electron chi connectivity index (χ2n) is 9.54. The van der Waals surface area contributed by atoms with Crippen LogP contribution >= 0.6 is 0 Å². The maximum absolute atomic E-state index is 13.6. The van der Waals surface area contributed by atoms with Crippen LogP contribution in [0.3, 0.4) is 0 Å². The molecule has 1 aliphatic carbocycles. The van der Waals surface area contributed by atoms with Gasteiger partial charge in [-0.1, -0.05) is 32.9 Å². The van der Waals surface area contributed by atoms with Crippen LogP contribution in [0.4, 0.5) is 5.82 Å². The van der Waals surface area contributed by atoms with Gasteiger partial charge in [0.25, 0.3) is 0 Å². The molecule has 0 bridgehead atoms. The predicted molar refractivity (Wildman–Crippen MR) is 127 cm³/mol. The fourth-order valence-electron chi connectivity index (χ4n) is 4.35. The Morgan fingerprint density at radius 1 is 1.09 bits per heavy atom. The third-order valence-corrected chi connectivity index (χ3v) is 6.36. The van der Waals surface area contributed by atoms with Crippen LogP contribution < -0.4 is 4.90 Å². The molecular weight excluding hydrogens is 402 g/mol. The number of rotatable bonds is 7. The van der Waals surface area contributed by atoms with Crippen LogP contribution in [0.2, 0.25) is 0 Å². The third kappa shape index (κ3) is 5.22. The molecule has 0 unspecified atom stereocenters. The summed E-state index contributed by atoms with van der Waals surface area (Å²) in [6.07, 6.45) is 5.57. The highest BCUT2D eigenvalue weighted by Gasteiger charge is 2.34. The Balaban J connectivity index is 2.01. The first-order valence-corrected chi connectivity index (χ1v) is 11.9. The molecule has 0 N–H and O–H groups in total. The molecule has 1 heterocycles. The maximum Gasteiger partial charge on any atom is 0.343 e. The highest BCUT2D eigenvalue weighted by atomic mass is 16.5. The van der Waals surface area contributed by atoms with Crippen LogP contribution in [0.1, 0.15) is 89.1 Å². The Labute approximate surface area is 191 Å². The van der Waals surface area contributed by atoms with E-state index in [1.807, 2.05) is 26.0 Å². The maximum atomic E-state index is 13.6. The van der Waals surface area contributed by atoms with Crippen molar-refractivity contribution in [2.45, 2.75) is 79.2 Å². The Morgan fingerprint density at radius 2 is 1.72 bits per heavy atom. The molecule has 1 saturated carbocycles. The predicted octanol–water partition coefficient (Wildman–Crippen LogP) is 5.74. The van der Waals surface area contributed by atoms with Gasteiger partial charge in [0.2, 0.25) is 5.91 Å². The number of hydrogen-bond acceptors (Lipinski definition) is 4. The fourth-order valence-corrected chi connectivity index (χ4v) is 4.35. The van der Waals surface area contributed by atoms with E-state index in [1.165, 1.54) is 5.56 Å². The fraction of sp³-hybridized carbons (Fsp3) is 0.577. The van der Waals surface area contributed by atoms with E-state index in [2.05, 4.69) is 32.9 Å². The van der Waals surface area contributed by atoms with Gasteiger partial charge in [0.05, 0.1) is 12.3 Å². The molecule has 1 aromatic carbocycles. The van der Waals surface area contributed by atoms with Crippen LogP contribution in [0.15, 0.2) is 30.5 Å². The lowest BCUT2D eigenvalue weighted by Gasteiger charge is -2.32. The molecule has 1 aliphatic rings. The number of benzene rings is 1. The number of anilines is 1. The van der Waals surface area contributed by atoms with Gasteiger partial charge in [-0.05, 0) is 76.0 Å². The van der Waals surface area contributed by atoms with E-state index in [1.54, 1.807) is 22.7 Å². The summed E-state index contributed by atoms with van der Waals surface area (Å²) in [5.74, 6) is 1.05. The second-order valence-corrected chi connectivity index (χ2v) is 9.54. The van der Waals surface area contributed by atoms with Gasteiger partial charge in [0.15, 0.2) is 5.82 Å². The molecule has 1 amide bonds. The van der Waals surface area contributed by atoms with E-state index in [4.69, 9.17) is 9.84 Å². The van der Waals surface area contributed by atoms with Gasteiger partial charge in [0.1, 0.15) is 5.56 Å². The molecular formula is C26H37N3O3. The summed E-state index contributed by atoms with van der Waals surface area (Å²) in [7, 11) is 0. The molecule has 32 heavy (non-hydrogen) atoms. The first kappa shape index (κ1) is 24.0. The molecule has 6 heteroatoms.